The van der Waals surface area contributed by atoms with E-state index in [1.807, 2.05) is 0 Å². The fourth-order valence-electron chi connectivity index (χ4n) is 3.10. The van der Waals surface area contributed by atoms with Gasteiger partial charge < -0.3 is 10.2 Å². The molecule has 0 spiro atoms. The Bertz CT molecular complexity index is 251. The van der Waals surface area contributed by atoms with E-state index in [2.05, 4.69) is 17.3 Å². The molecular formula is C13H23F3N2. The zero-order valence-electron chi connectivity index (χ0n) is 11.0. The second-order valence-electron chi connectivity index (χ2n) is 5.83. The van der Waals surface area contributed by atoms with Crippen molar-refractivity contribution >= 4 is 0 Å². The smallest absolute Gasteiger partial charge is 0.311 e. The Morgan fingerprint density at radius 2 is 1.39 bits per heavy atom. The topological polar surface area (TPSA) is 15.3 Å². The molecule has 1 aliphatic carbocycles. The van der Waals surface area contributed by atoms with E-state index in [-0.39, 0.29) is 0 Å². The summed E-state index contributed by atoms with van der Waals surface area (Å²) in [6.07, 6.45) is 0.207. The highest BCUT2D eigenvalue weighted by atomic mass is 19.4. The number of piperidine rings is 1. The summed E-state index contributed by atoms with van der Waals surface area (Å²) in [7, 11) is 2.12. The molecule has 0 aromatic carbocycles. The first kappa shape index (κ1) is 14.1. The minimum atomic E-state index is -3.99. The molecule has 2 rings (SSSR count). The maximum absolute atomic E-state index is 12.5. The molecule has 5 heteroatoms. The Kier molecular flexibility index (Phi) is 4.54. The number of halogens is 3. The van der Waals surface area contributed by atoms with Gasteiger partial charge in [-0.1, -0.05) is 0 Å². The quantitative estimate of drug-likeness (QED) is 0.825. The van der Waals surface area contributed by atoms with Gasteiger partial charge >= 0.3 is 6.18 Å². The third kappa shape index (κ3) is 3.85. The van der Waals surface area contributed by atoms with E-state index in [0.717, 1.165) is 25.9 Å². The predicted octanol–water partition coefficient (Wildman–Crippen LogP) is 2.79. The van der Waals surface area contributed by atoms with Gasteiger partial charge in [0.25, 0.3) is 0 Å². The highest BCUT2D eigenvalue weighted by Crippen LogP contribution is 2.37. The minimum absolute atomic E-state index is 0.299. The van der Waals surface area contributed by atoms with Crippen LogP contribution in [0.15, 0.2) is 0 Å². The lowest BCUT2D eigenvalue weighted by molar-refractivity contribution is -0.182. The SMILES string of the molecule is CN1CCC(NC2CCC(C(F)(F)F)CC2)CC1. The summed E-state index contributed by atoms with van der Waals surface area (Å²) in [5.41, 5.74) is 0. The van der Waals surface area contributed by atoms with E-state index < -0.39 is 12.1 Å². The zero-order chi connectivity index (χ0) is 13.2. The zero-order valence-corrected chi connectivity index (χ0v) is 11.0. The average molecular weight is 264 g/mol. The summed E-state index contributed by atoms with van der Waals surface area (Å²) >= 11 is 0. The van der Waals surface area contributed by atoms with Crippen LogP contribution in [0.3, 0.4) is 0 Å². The number of nitrogens with zero attached hydrogens (tertiary/aromatic N) is 1. The van der Waals surface area contributed by atoms with E-state index in [0.29, 0.717) is 37.8 Å². The molecule has 0 aromatic rings. The number of rotatable bonds is 2. The van der Waals surface area contributed by atoms with Crippen LogP contribution in [-0.4, -0.2) is 43.3 Å². The summed E-state index contributed by atoms with van der Waals surface area (Å²) in [6.45, 7) is 2.19. The molecule has 2 aliphatic rings. The number of likely N-dealkylation sites (tertiary alicyclic amines) is 1. The summed E-state index contributed by atoms with van der Waals surface area (Å²) in [4.78, 5) is 2.30. The molecule has 2 nitrogen and oxygen atoms in total. The lowest BCUT2D eigenvalue weighted by Crippen LogP contribution is -2.46. The van der Waals surface area contributed by atoms with Crippen molar-refractivity contribution in [2.75, 3.05) is 20.1 Å². The number of nitrogens with one attached hydrogen (secondary N) is 1. The van der Waals surface area contributed by atoms with Gasteiger partial charge in [-0.3, -0.25) is 0 Å². The van der Waals surface area contributed by atoms with Crippen LogP contribution in [-0.2, 0) is 0 Å². The van der Waals surface area contributed by atoms with Crippen LogP contribution in [0.25, 0.3) is 0 Å². The van der Waals surface area contributed by atoms with Crippen LogP contribution in [0.2, 0.25) is 0 Å². The molecule has 18 heavy (non-hydrogen) atoms. The molecule has 0 atom stereocenters. The van der Waals surface area contributed by atoms with Gasteiger partial charge in [-0.15, -0.1) is 0 Å². The fourth-order valence-corrected chi connectivity index (χ4v) is 3.10. The standard InChI is InChI=1S/C13H23F3N2/c1-18-8-6-12(7-9-18)17-11-4-2-10(3-5-11)13(14,15)16/h10-12,17H,2-9H2,1H3. The first-order valence-electron chi connectivity index (χ1n) is 6.96. The summed E-state index contributed by atoms with van der Waals surface area (Å²) in [6, 6.07) is 0.811. The molecule has 2 fully saturated rings. The van der Waals surface area contributed by atoms with Crippen LogP contribution in [0.1, 0.15) is 38.5 Å². The molecule has 1 saturated heterocycles. The van der Waals surface area contributed by atoms with Crippen molar-refractivity contribution in [2.24, 2.45) is 5.92 Å². The van der Waals surface area contributed by atoms with E-state index in [9.17, 15) is 13.2 Å². The molecule has 0 aromatic heterocycles. The molecular weight excluding hydrogens is 241 g/mol. The van der Waals surface area contributed by atoms with Gasteiger partial charge in [0.1, 0.15) is 0 Å². The normalized spacial score (nSPS) is 32.7. The molecule has 1 saturated carbocycles. The molecule has 0 amide bonds. The Morgan fingerprint density at radius 3 is 1.89 bits per heavy atom. The van der Waals surface area contributed by atoms with Crippen molar-refractivity contribution in [1.29, 1.82) is 0 Å². The lowest BCUT2D eigenvalue weighted by Gasteiger charge is -2.36. The minimum Gasteiger partial charge on any atom is -0.311 e. The average Bonchev–Trinajstić information content (AvgIpc) is 2.32. The second-order valence-corrected chi connectivity index (χ2v) is 5.83. The van der Waals surface area contributed by atoms with Crippen molar-refractivity contribution in [3.05, 3.63) is 0 Å². The molecule has 0 radical (unpaired) electrons. The first-order chi connectivity index (χ1) is 8.45. The van der Waals surface area contributed by atoms with Crippen LogP contribution >= 0.6 is 0 Å². The van der Waals surface area contributed by atoms with E-state index in [1.54, 1.807) is 0 Å². The van der Waals surface area contributed by atoms with Gasteiger partial charge in [0.05, 0.1) is 5.92 Å². The third-order valence-electron chi connectivity index (χ3n) is 4.38. The Hall–Kier alpha value is -0.290. The molecule has 1 N–H and O–H groups in total. The number of alkyl halides is 3. The lowest BCUT2D eigenvalue weighted by atomic mass is 9.85. The summed E-state index contributed by atoms with van der Waals surface area (Å²) < 4.78 is 37.6. The second kappa shape index (κ2) is 5.78. The largest absolute Gasteiger partial charge is 0.391 e. The maximum atomic E-state index is 12.5. The molecule has 0 unspecified atom stereocenters. The molecule has 0 bridgehead atoms. The van der Waals surface area contributed by atoms with Gasteiger partial charge in [0, 0.05) is 12.1 Å². The van der Waals surface area contributed by atoms with Crippen LogP contribution in [0.5, 0.6) is 0 Å². The maximum Gasteiger partial charge on any atom is 0.391 e. The molecule has 106 valence electrons. The predicted molar refractivity (Wildman–Crippen MR) is 65.5 cm³/mol. The fraction of sp³-hybridized carbons (Fsp3) is 1.00. The third-order valence-corrected chi connectivity index (χ3v) is 4.38. The highest BCUT2D eigenvalue weighted by molar-refractivity contribution is 4.85. The van der Waals surface area contributed by atoms with Crippen LogP contribution in [0, 0.1) is 5.92 Å². The van der Waals surface area contributed by atoms with Gasteiger partial charge in [-0.05, 0) is 58.7 Å². The van der Waals surface area contributed by atoms with E-state index >= 15 is 0 Å². The van der Waals surface area contributed by atoms with Gasteiger partial charge in [0.2, 0.25) is 0 Å². The van der Waals surface area contributed by atoms with Crippen molar-refractivity contribution in [2.45, 2.75) is 56.8 Å². The molecule has 1 heterocycles. The number of hydrogen-bond donors (Lipinski definition) is 1. The van der Waals surface area contributed by atoms with Gasteiger partial charge in [-0.2, -0.15) is 13.2 Å². The molecule has 1 aliphatic heterocycles. The van der Waals surface area contributed by atoms with Crippen molar-refractivity contribution in [3.8, 4) is 0 Å². The summed E-state index contributed by atoms with van der Waals surface area (Å²) in [5.74, 6) is -1.06. The Labute approximate surface area is 107 Å². The van der Waals surface area contributed by atoms with E-state index in [1.165, 1.54) is 0 Å². The Morgan fingerprint density at radius 1 is 0.889 bits per heavy atom. The van der Waals surface area contributed by atoms with Gasteiger partial charge in [-0.25, -0.2) is 0 Å². The van der Waals surface area contributed by atoms with Crippen molar-refractivity contribution < 1.29 is 13.2 Å². The van der Waals surface area contributed by atoms with Crippen molar-refractivity contribution in [3.63, 3.8) is 0 Å². The number of hydrogen-bond acceptors (Lipinski definition) is 2. The highest BCUT2D eigenvalue weighted by Gasteiger charge is 2.41. The van der Waals surface area contributed by atoms with Crippen LogP contribution < -0.4 is 5.32 Å². The summed E-state index contributed by atoms with van der Waals surface area (Å²) in [5, 5.41) is 3.56. The van der Waals surface area contributed by atoms with Gasteiger partial charge in [0.15, 0.2) is 0 Å². The monoisotopic (exact) mass is 264 g/mol. The van der Waals surface area contributed by atoms with Crippen LogP contribution in [0.4, 0.5) is 13.2 Å². The Balaban J connectivity index is 1.70. The first-order valence-corrected chi connectivity index (χ1v) is 6.96. The van der Waals surface area contributed by atoms with Crippen molar-refractivity contribution in [1.82, 2.24) is 10.2 Å². The van der Waals surface area contributed by atoms with E-state index in [4.69, 9.17) is 0 Å².